The lowest BCUT2D eigenvalue weighted by Gasteiger charge is -2.17. The van der Waals surface area contributed by atoms with Crippen molar-refractivity contribution in [2.75, 3.05) is 19.8 Å². The van der Waals surface area contributed by atoms with Gasteiger partial charge in [0.05, 0.1) is 13.2 Å². The second kappa shape index (κ2) is 12.6. The molecule has 0 radical (unpaired) electrons. The van der Waals surface area contributed by atoms with Crippen LogP contribution in [0.25, 0.3) is 0 Å². The number of aliphatic hydroxyl groups excluding tert-OH is 1. The number of rotatable bonds is 12. The highest BCUT2D eigenvalue weighted by Crippen LogP contribution is 2.14. The Kier molecular flexibility index (Phi) is 11.9. The van der Waals surface area contributed by atoms with Crippen LogP contribution in [0.4, 0.5) is 0 Å². The fourth-order valence-electron chi connectivity index (χ4n) is 1.63. The zero-order valence-corrected chi connectivity index (χ0v) is 13.3. The van der Waals surface area contributed by atoms with E-state index in [1.54, 1.807) is 6.92 Å². The fourth-order valence-corrected chi connectivity index (χ4v) is 1.63. The van der Waals surface area contributed by atoms with Gasteiger partial charge in [0.15, 0.2) is 12.2 Å². The third-order valence-electron chi connectivity index (χ3n) is 2.81. The number of carbonyl (C=O) groups excluding carboxylic acids is 2. The van der Waals surface area contributed by atoms with Crippen molar-refractivity contribution in [1.29, 1.82) is 0 Å². The lowest BCUT2D eigenvalue weighted by Crippen LogP contribution is -2.29. The molecule has 0 aliphatic rings. The van der Waals surface area contributed by atoms with E-state index in [-0.39, 0.29) is 26.1 Å². The average molecular weight is 304 g/mol. The molecule has 124 valence electrons. The molecule has 6 nitrogen and oxygen atoms in total. The number of ether oxygens (including phenoxy) is 3. The maximum Gasteiger partial charge on any atom is 0.320 e. The molecule has 0 rings (SSSR count). The van der Waals surface area contributed by atoms with Crippen molar-refractivity contribution in [3.8, 4) is 0 Å². The zero-order valence-electron chi connectivity index (χ0n) is 13.3. The van der Waals surface area contributed by atoms with Gasteiger partial charge in [-0.05, 0) is 32.6 Å². The van der Waals surface area contributed by atoms with E-state index in [0.717, 1.165) is 12.8 Å². The minimum absolute atomic E-state index is 0.147. The highest BCUT2D eigenvalue weighted by atomic mass is 16.6. The van der Waals surface area contributed by atoms with Gasteiger partial charge in [0.2, 0.25) is 0 Å². The molecule has 0 bridgehead atoms. The van der Waals surface area contributed by atoms with Crippen molar-refractivity contribution >= 4 is 11.9 Å². The molecular weight excluding hydrogens is 276 g/mol. The Morgan fingerprint density at radius 2 is 1.62 bits per heavy atom. The van der Waals surface area contributed by atoms with Crippen LogP contribution < -0.4 is 0 Å². The Balaban J connectivity index is 4.32. The van der Waals surface area contributed by atoms with Crippen LogP contribution in [0.1, 0.15) is 52.9 Å². The van der Waals surface area contributed by atoms with Gasteiger partial charge in [0.25, 0.3) is 0 Å². The Bertz CT molecular complexity index is 292. The van der Waals surface area contributed by atoms with Crippen molar-refractivity contribution < 1.29 is 28.9 Å². The second-order valence-electron chi connectivity index (χ2n) is 4.73. The predicted octanol–water partition coefficient (Wildman–Crippen LogP) is 2.03. The standard InChI is InChI=1S/C15H28O6/c1-4-7-11-20-13(16)9-8-12(14(17)19-6-3)15(18)21-10-5-2/h12-13,16H,4-11H2,1-3H3. The van der Waals surface area contributed by atoms with E-state index in [4.69, 9.17) is 14.2 Å². The number of aliphatic hydroxyl groups is 1. The first-order valence-electron chi connectivity index (χ1n) is 7.69. The molecule has 2 atom stereocenters. The summed E-state index contributed by atoms with van der Waals surface area (Å²) in [5.41, 5.74) is 0. The third-order valence-corrected chi connectivity index (χ3v) is 2.81. The van der Waals surface area contributed by atoms with Gasteiger partial charge in [-0.15, -0.1) is 0 Å². The number of unbranched alkanes of at least 4 members (excludes halogenated alkanes) is 1. The largest absolute Gasteiger partial charge is 0.465 e. The first-order valence-corrected chi connectivity index (χ1v) is 7.69. The summed E-state index contributed by atoms with van der Waals surface area (Å²) in [5.74, 6) is -2.21. The van der Waals surface area contributed by atoms with E-state index in [1.165, 1.54) is 0 Å². The average Bonchev–Trinajstić information content (AvgIpc) is 2.45. The van der Waals surface area contributed by atoms with Crippen molar-refractivity contribution in [2.45, 2.75) is 59.2 Å². The first kappa shape index (κ1) is 19.9. The van der Waals surface area contributed by atoms with Crippen molar-refractivity contribution in [1.82, 2.24) is 0 Å². The minimum Gasteiger partial charge on any atom is -0.465 e. The summed E-state index contributed by atoms with van der Waals surface area (Å²) in [6.45, 7) is 6.50. The molecule has 0 fully saturated rings. The van der Waals surface area contributed by atoms with E-state index in [2.05, 4.69) is 0 Å². The molecule has 0 amide bonds. The number of carbonyl (C=O) groups is 2. The summed E-state index contributed by atoms with van der Waals surface area (Å²) >= 11 is 0. The summed E-state index contributed by atoms with van der Waals surface area (Å²) in [5, 5.41) is 9.67. The number of hydrogen-bond donors (Lipinski definition) is 1. The second-order valence-corrected chi connectivity index (χ2v) is 4.73. The third kappa shape index (κ3) is 9.42. The van der Waals surface area contributed by atoms with E-state index in [1.807, 2.05) is 13.8 Å². The van der Waals surface area contributed by atoms with Crippen molar-refractivity contribution in [2.24, 2.45) is 5.92 Å². The van der Waals surface area contributed by atoms with E-state index < -0.39 is 24.1 Å². The van der Waals surface area contributed by atoms with Crippen LogP contribution >= 0.6 is 0 Å². The van der Waals surface area contributed by atoms with E-state index >= 15 is 0 Å². The van der Waals surface area contributed by atoms with Crippen LogP contribution in [-0.2, 0) is 23.8 Å². The molecule has 0 aromatic rings. The fraction of sp³-hybridized carbons (Fsp3) is 0.867. The Labute approximate surface area is 126 Å². The number of hydrogen-bond acceptors (Lipinski definition) is 6. The van der Waals surface area contributed by atoms with E-state index in [9.17, 15) is 14.7 Å². The topological polar surface area (TPSA) is 82.1 Å². The summed E-state index contributed by atoms with van der Waals surface area (Å²) in [6.07, 6.45) is 1.87. The van der Waals surface area contributed by atoms with Gasteiger partial charge < -0.3 is 19.3 Å². The van der Waals surface area contributed by atoms with Gasteiger partial charge >= 0.3 is 11.9 Å². The smallest absolute Gasteiger partial charge is 0.320 e. The normalized spacial score (nSPS) is 13.5. The maximum atomic E-state index is 11.8. The van der Waals surface area contributed by atoms with Crippen LogP contribution in [0.5, 0.6) is 0 Å². The summed E-state index contributed by atoms with van der Waals surface area (Å²) in [7, 11) is 0. The molecule has 2 unspecified atom stereocenters. The number of esters is 2. The summed E-state index contributed by atoms with van der Waals surface area (Å²) in [6, 6.07) is 0. The monoisotopic (exact) mass is 304 g/mol. The Morgan fingerprint density at radius 3 is 2.19 bits per heavy atom. The van der Waals surface area contributed by atoms with Gasteiger partial charge in [-0.25, -0.2) is 0 Å². The molecule has 0 aliphatic heterocycles. The molecule has 1 N–H and O–H groups in total. The van der Waals surface area contributed by atoms with Gasteiger partial charge in [0.1, 0.15) is 0 Å². The van der Waals surface area contributed by atoms with Crippen molar-refractivity contribution in [3.05, 3.63) is 0 Å². The highest BCUT2D eigenvalue weighted by molar-refractivity contribution is 5.94. The molecule has 0 aliphatic carbocycles. The predicted molar refractivity (Wildman–Crippen MR) is 77.5 cm³/mol. The Morgan fingerprint density at radius 1 is 0.952 bits per heavy atom. The molecule has 21 heavy (non-hydrogen) atoms. The lowest BCUT2D eigenvalue weighted by atomic mass is 10.0. The quantitative estimate of drug-likeness (QED) is 0.257. The van der Waals surface area contributed by atoms with Gasteiger partial charge in [-0.1, -0.05) is 20.3 Å². The molecular formula is C15H28O6. The minimum atomic E-state index is -0.999. The molecule has 0 aromatic heterocycles. The molecule has 0 saturated heterocycles. The maximum absolute atomic E-state index is 11.8. The van der Waals surface area contributed by atoms with Gasteiger partial charge in [-0.3, -0.25) is 9.59 Å². The van der Waals surface area contributed by atoms with Crippen LogP contribution in [0.15, 0.2) is 0 Å². The van der Waals surface area contributed by atoms with Crippen molar-refractivity contribution in [3.63, 3.8) is 0 Å². The van der Waals surface area contributed by atoms with Gasteiger partial charge in [-0.2, -0.15) is 0 Å². The van der Waals surface area contributed by atoms with E-state index in [0.29, 0.717) is 13.0 Å². The molecule has 0 spiro atoms. The lowest BCUT2D eigenvalue weighted by molar-refractivity contribution is -0.163. The highest BCUT2D eigenvalue weighted by Gasteiger charge is 2.30. The first-order chi connectivity index (χ1) is 10.1. The zero-order chi connectivity index (χ0) is 16.1. The Hall–Kier alpha value is -1.14. The van der Waals surface area contributed by atoms with Gasteiger partial charge in [0, 0.05) is 6.61 Å². The SMILES string of the molecule is CCCCOC(O)CCC(C(=O)OCC)C(=O)OCCC. The molecule has 0 aromatic carbocycles. The summed E-state index contributed by atoms with van der Waals surface area (Å²) < 4.78 is 15.0. The molecule has 6 heteroatoms. The molecule has 0 saturated carbocycles. The van der Waals surface area contributed by atoms with Crippen LogP contribution in [-0.4, -0.2) is 43.2 Å². The van der Waals surface area contributed by atoms with Crippen LogP contribution in [0.3, 0.4) is 0 Å². The van der Waals surface area contributed by atoms with Crippen LogP contribution in [0, 0.1) is 5.92 Å². The van der Waals surface area contributed by atoms with Crippen LogP contribution in [0.2, 0.25) is 0 Å². The summed E-state index contributed by atoms with van der Waals surface area (Å²) in [4.78, 5) is 23.6. The molecule has 0 heterocycles.